The van der Waals surface area contributed by atoms with Gasteiger partial charge in [0.15, 0.2) is 18.1 Å². The average molecular weight is 393 g/mol. The van der Waals surface area contributed by atoms with Crippen LogP contribution >= 0.6 is 0 Å². The first-order valence-electron chi connectivity index (χ1n) is 9.90. The van der Waals surface area contributed by atoms with Crippen LogP contribution in [0.25, 0.3) is 11.0 Å². The zero-order valence-electron chi connectivity index (χ0n) is 16.3. The number of imidazole rings is 1. The zero-order chi connectivity index (χ0) is 19.8. The molecule has 0 N–H and O–H groups in total. The van der Waals surface area contributed by atoms with Gasteiger partial charge in [0.1, 0.15) is 11.6 Å². The molecule has 1 aromatic heterocycles. The van der Waals surface area contributed by atoms with Gasteiger partial charge in [0.25, 0.3) is 5.91 Å². The molecule has 2 aromatic carbocycles. The number of amides is 1. The Kier molecular flexibility index (Phi) is 4.50. The molecule has 1 fully saturated rings. The maximum atomic E-state index is 12.8. The number of benzene rings is 2. The second-order valence-corrected chi connectivity index (χ2v) is 7.50. The molecule has 29 heavy (non-hydrogen) atoms. The van der Waals surface area contributed by atoms with E-state index in [1.54, 1.807) is 18.2 Å². The quantitative estimate of drug-likeness (QED) is 0.682. The average Bonchev–Trinajstić information content (AvgIpc) is 3.36. The van der Waals surface area contributed by atoms with Gasteiger partial charge in [-0.25, -0.2) is 4.98 Å². The van der Waals surface area contributed by atoms with E-state index in [9.17, 15) is 4.79 Å². The van der Waals surface area contributed by atoms with Gasteiger partial charge in [-0.15, -0.1) is 0 Å². The highest BCUT2D eigenvalue weighted by Crippen LogP contribution is 2.35. The molecule has 7 nitrogen and oxygen atoms in total. The number of ether oxygens (including phenoxy) is 3. The molecule has 1 unspecified atom stereocenters. The topological polar surface area (TPSA) is 65.8 Å². The lowest BCUT2D eigenvalue weighted by molar-refractivity contribution is -0.134. The fourth-order valence-electron chi connectivity index (χ4n) is 4.15. The number of nitrogens with zero attached hydrogens (tertiary/aromatic N) is 3. The number of para-hydroxylation sites is 2. The number of aromatic nitrogens is 2. The third-order valence-corrected chi connectivity index (χ3v) is 5.67. The van der Waals surface area contributed by atoms with Crippen molar-refractivity contribution in [2.24, 2.45) is 7.05 Å². The molecule has 1 amide bonds. The van der Waals surface area contributed by atoms with Crippen LogP contribution in [0.5, 0.6) is 17.2 Å². The largest absolute Gasteiger partial charge is 0.484 e. The van der Waals surface area contributed by atoms with E-state index in [1.165, 1.54) is 0 Å². The lowest BCUT2D eigenvalue weighted by Gasteiger charge is -2.32. The van der Waals surface area contributed by atoms with Crippen molar-refractivity contribution in [2.45, 2.75) is 18.8 Å². The number of carbonyl (C=O) groups is 1. The first-order valence-corrected chi connectivity index (χ1v) is 9.90. The number of fused-ring (bicyclic) bond motifs is 2. The Hall–Kier alpha value is -3.22. The summed E-state index contributed by atoms with van der Waals surface area (Å²) < 4.78 is 18.5. The molecular formula is C22H23N3O4. The van der Waals surface area contributed by atoms with Gasteiger partial charge in [-0.05, 0) is 37.1 Å². The van der Waals surface area contributed by atoms with Crippen molar-refractivity contribution in [1.82, 2.24) is 14.5 Å². The predicted molar refractivity (Wildman–Crippen MR) is 107 cm³/mol. The summed E-state index contributed by atoms with van der Waals surface area (Å²) in [6.07, 6.45) is 1.99. The number of likely N-dealkylation sites (tertiary alicyclic amines) is 1. The summed E-state index contributed by atoms with van der Waals surface area (Å²) in [6.45, 7) is 1.65. The Morgan fingerprint density at radius 2 is 2.07 bits per heavy atom. The summed E-state index contributed by atoms with van der Waals surface area (Å²) in [4.78, 5) is 19.5. The normalized spacial score (nSPS) is 18.2. The number of rotatable bonds is 4. The van der Waals surface area contributed by atoms with Gasteiger partial charge >= 0.3 is 0 Å². The molecule has 0 radical (unpaired) electrons. The lowest BCUT2D eigenvalue weighted by atomic mass is 9.97. The summed E-state index contributed by atoms with van der Waals surface area (Å²) in [6, 6.07) is 13.5. The summed E-state index contributed by atoms with van der Waals surface area (Å²) >= 11 is 0. The number of hydrogen-bond donors (Lipinski definition) is 0. The fraction of sp³-hybridized carbons (Fsp3) is 0.364. The van der Waals surface area contributed by atoms with Crippen molar-refractivity contribution in [3.05, 3.63) is 48.3 Å². The number of hydrogen-bond acceptors (Lipinski definition) is 5. The van der Waals surface area contributed by atoms with E-state index in [1.807, 2.05) is 30.1 Å². The molecule has 3 heterocycles. The predicted octanol–water partition coefficient (Wildman–Crippen LogP) is 3.09. The minimum absolute atomic E-state index is 0.00821. The van der Waals surface area contributed by atoms with Gasteiger partial charge in [-0.2, -0.15) is 0 Å². The Bertz CT molecular complexity index is 1060. The maximum Gasteiger partial charge on any atom is 0.260 e. The van der Waals surface area contributed by atoms with Crippen molar-refractivity contribution in [3.8, 4) is 17.2 Å². The van der Waals surface area contributed by atoms with Gasteiger partial charge in [-0.1, -0.05) is 12.1 Å². The molecule has 2 aliphatic heterocycles. The lowest BCUT2D eigenvalue weighted by Crippen LogP contribution is -2.42. The van der Waals surface area contributed by atoms with Crippen LogP contribution < -0.4 is 14.2 Å². The molecular weight excluding hydrogens is 370 g/mol. The van der Waals surface area contributed by atoms with E-state index in [-0.39, 0.29) is 25.2 Å². The van der Waals surface area contributed by atoms with Crippen molar-refractivity contribution in [2.75, 3.05) is 26.5 Å². The standard InChI is InChI=1S/C22H23N3O4/c1-24-18-7-3-2-6-17(18)23-22(24)15-5-4-10-25(12-15)21(26)13-27-16-8-9-19-20(11-16)29-14-28-19/h2-3,6-9,11,15H,4-5,10,12-14H2,1H3. The Labute approximate surface area is 168 Å². The molecule has 0 aliphatic carbocycles. The van der Waals surface area contributed by atoms with E-state index in [2.05, 4.69) is 10.6 Å². The number of aryl methyl sites for hydroxylation is 1. The van der Waals surface area contributed by atoms with E-state index >= 15 is 0 Å². The highest BCUT2D eigenvalue weighted by Gasteiger charge is 2.28. The molecule has 1 saturated heterocycles. The molecule has 3 aromatic rings. The minimum Gasteiger partial charge on any atom is -0.484 e. The van der Waals surface area contributed by atoms with E-state index in [4.69, 9.17) is 19.2 Å². The van der Waals surface area contributed by atoms with Crippen LogP contribution in [0.2, 0.25) is 0 Å². The van der Waals surface area contributed by atoms with E-state index in [0.717, 1.165) is 36.2 Å². The Balaban J connectivity index is 1.25. The number of carbonyl (C=O) groups excluding carboxylic acids is 1. The molecule has 0 spiro atoms. The van der Waals surface area contributed by atoms with E-state index in [0.29, 0.717) is 23.8 Å². The van der Waals surface area contributed by atoms with Crippen LogP contribution in [0.4, 0.5) is 0 Å². The molecule has 2 aliphatic rings. The molecule has 0 bridgehead atoms. The van der Waals surface area contributed by atoms with Gasteiger partial charge in [-0.3, -0.25) is 4.79 Å². The summed E-state index contributed by atoms with van der Waals surface area (Å²) in [5, 5.41) is 0. The monoisotopic (exact) mass is 393 g/mol. The highest BCUT2D eigenvalue weighted by molar-refractivity contribution is 5.78. The second kappa shape index (κ2) is 7.31. The third kappa shape index (κ3) is 3.37. The highest BCUT2D eigenvalue weighted by atomic mass is 16.7. The van der Waals surface area contributed by atoms with Crippen molar-refractivity contribution < 1.29 is 19.0 Å². The van der Waals surface area contributed by atoms with E-state index < -0.39 is 0 Å². The summed E-state index contributed by atoms with van der Waals surface area (Å²) in [7, 11) is 2.05. The Morgan fingerprint density at radius 1 is 1.21 bits per heavy atom. The van der Waals surface area contributed by atoms with Gasteiger partial charge in [0.2, 0.25) is 6.79 Å². The molecule has 150 valence electrons. The van der Waals surface area contributed by atoms with Crippen molar-refractivity contribution in [3.63, 3.8) is 0 Å². The molecule has 1 atom stereocenters. The fourth-order valence-corrected chi connectivity index (χ4v) is 4.15. The van der Waals surface area contributed by atoms with Crippen LogP contribution in [-0.2, 0) is 11.8 Å². The van der Waals surface area contributed by atoms with Gasteiger partial charge in [0, 0.05) is 32.1 Å². The summed E-state index contributed by atoms with van der Waals surface area (Å²) in [5.74, 6) is 3.22. The van der Waals surface area contributed by atoms with Gasteiger partial charge < -0.3 is 23.7 Å². The van der Waals surface area contributed by atoms with Crippen molar-refractivity contribution in [1.29, 1.82) is 0 Å². The van der Waals surface area contributed by atoms with Crippen LogP contribution in [0.15, 0.2) is 42.5 Å². The minimum atomic E-state index is -0.00821. The zero-order valence-corrected chi connectivity index (χ0v) is 16.3. The van der Waals surface area contributed by atoms with Gasteiger partial charge in [0.05, 0.1) is 11.0 Å². The van der Waals surface area contributed by atoms with Crippen LogP contribution in [0.1, 0.15) is 24.6 Å². The number of piperidine rings is 1. The molecule has 5 rings (SSSR count). The van der Waals surface area contributed by atoms with Crippen LogP contribution in [0.3, 0.4) is 0 Å². The maximum absolute atomic E-state index is 12.8. The first-order chi connectivity index (χ1) is 14.2. The molecule has 7 heteroatoms. The second-order valence-electron chi connectivity index (χ2n) is 7.50. The van der Waals surface area contributed by atoms with Crippen LogP contribution in [-0.4, -0.2) is 46.8 Å². The summed E-state index contributed by atoms with van der Waals surface area (Å²) in [5.41, 5.74) is 2.12. The SMILES string of the molecule is Cn1c(C2CCCN(C(=O)COc3ccc4c(c3)OCO4)C2)nc2ccccc21. The Morgan fingerprint density at radius 3 is 2.97 bits per heavy atom. The van der Waals surface area contributed by atoms with Crippen molar-refractivity contribution >= 4 is 16.9 Å². The molecule has 0 saturated carbocycles. The third-order valence-electron chi connectivity index (χ3n) is 5.67. The van der Waals surface area contributed by atoms with Crippen LogP contribution in [0, 0.1) is 0 Å². The smallest absolute Gasteiger partial charge is 0.260 e. The first kappa shape index (κ1) is 17.8.